The molecule has 0 unspecified atom stereocenters. The van der Waals surface area contributed by atoms with Crippen LogP contribution in [-0.4, -0.2) is 36.0 Å². The number of Topliss-reactive ketones (excluding diaryl/α,β-unsaturated/α-hetero) is 2. The zero-order valence-electron chi connectivity index (χ0n) is 45.7. The summed E-state index contributed by atoms with van der Waals surface area (Å²) < 4.78 is 28.3. The highest BCUT2D eigenvalue weighted by Gasteiger charge is 2.14. The molecule has 0 heterocycles. The minimum Gasteiger partial charge on any atom is -0.497 e. The molecule has 0 aromatic heterocycles. The number of aryl methyl sites for hydroxylation is 3. The highest BCUT2D eigenvalue weighted by Crippen LogP contribution is 2.28. The van der Waals surface area contributed by atoms with Crippen molar-refractivity contribution in [2.24, 2.45) is 0 Å². The van der Waals surface area contributed by atoms with Crippen molar-refractivity contribution < 1.29 is 47.7 Å². The van der Waals surface area contributed by atoms with Crippen molar-refractivity contribution in [2.75, 3.05) is 7.11 Å². The lowest BCUT2D eigenvalue weighted by atomic mass is 10.0. The van der Waals surface area contributed by atoms with E-state index in [1.54, 1.807) is 184 Å². The molecule has 0 atom stereocenters. The van der Waals surface area contributed by atoms with E-state index in [2.05, 4.69) is 0 Å². The summed E-state index contributed by atoms with van der Waals surface area (Å²) in [5, 5.41) is 0. The first-order chi connectivity index (χ1) is 39.2. The number of benzene rings is 10. The molecule has 0 N–H and O–H groups in total. The van der Waals surface area contributed by atoms with Gasteiger partial charge in [0.05, 0.1) is 7.11 Å². The molecule has 0 radical (unpaired) electrons. The van der Waals surface area contributed by atoms with E-state index in [1.807, 2.05) is 93.6 Å². The van der Waals surface area contributed by atoms with E-state index in [1.165, 1.54) is 18.1 Å². The Morgan fingerprint density at radius 3 is 0.556 bits per heavy atom. The van der Waals surface area contributed by atoms with Crippen molar-refractivity contribution in [3.8, 4) is 51.7 Å². The minimum absolute atomic E-state index is 0.0282. The third-order valence-electron chi connectivity index (χ3n) is 12.6. The van der Waals surface area contributed by atoms with Gasteiger partial charge in [0.2, 0.25) is 0 Å². The molecular weight excluding hydrogens is 1010 g/mol. The zero-order chi connectivity index (χ0) is 57.3. The summed E-state index contributed by atoms with van der Waals surface area (Å²) in [7, 11) is 1.60. The zero-order valence-corrected chi connectivity index (χ0v) is 45.7. The second kappa shape index (κ2) is 27.2. The number of hydrogen-bond donors (Lipinski definition) is 0. The normalized spacial score (nSPS) is 10.3. The van der Waals surface area contributed by atoms with Crippen LogP contribution < -0.4 is 23.7 Å². The van der Waals surface area contributed by atoms with Crippen molar-refractivity contribution >= 4 is 28.9 Å². The van der Waals surface area contributed by atoms with Crippen molar-refractivity contribution in [1.29, 1.82) is 0 Å². The smallest absolute Gasteiger partial charge is 0.193 e. The van der Waals surface area contributed by atoms with Crippen molar-refractivity contribution in [2.45, 2.75) is 34.6 Å². The van der Waals surface area contributed by atoms with E-state index >= 15 is 0 Å². The predicted octanol–water partition coefficient (Wildman–Crippen LogP) is 17.3. The maximum Gasteiger partial charge on any atom is 0.193 e. The molecule has 10 rings (SSSR count). The van der Waals surface area contributed by atoms with Crippen LogP contribution in [0.15, 0.2) is 243 Å². The molecule has 0 bridgehead atoms. The molecule has 0 amide bonds. The fourth-order valence-electron chi connectivity index (χ4n) is 7.92. The van der Waals surface area contributed by atoms with Crippen LogP contribution in [0.5, 0.6) is 51.7 Å². The monoisotopic (exact) mass is 1070 g/mol. The van der Waals surface area contributed by atoms with Crippen LogP contribution in [-0.2, 0) is 0 Å². The Morgan fingerprint density at radius 1 is 0.222 bits per heavy atom. The van der Waals surface area contributed by atoms with E-state index < -0.39 is 0 Å². The van der Waals surface area contributed by atoms with E-state index in [0.717, 1.165) is 34.3 Å². The molecule has 0 saturated heterocycles. The molecule has 0 fully saturated rings. The summed E-state index contributed by atoms with van der Waals surface area (Å²) in [6.45, 7) is 9.12. The molecule has 81 heavy (non-hydrogen) atoms. The van der Waals surface area contributed by atoms with Crippen LogP contribution in [0.4, 0.5) is 0 Å². The minimum atomic E-state index is -0.140. The fourth-order valence-corrected chi connectivity index (χ4v) is 7.92. The van der Waals surface area contributed by atoms with Crippen LogP contribution in [0.2, 0.25) is 0 Å². The molecule has 0 saturated carbocycles. The van der Waals surface area contributed by atoms with Gasteiger partial charge < -0.3 is 23.7 Å². The van der Waals surface area contributed by atoms with E-state index in [4.69, 9.17) is 23.7 Å². The number of rotatable bonds is 17. The molecule has 0 spiro atoms. The topological polar surface area (TPSA) is 132 Å². The predicted molar refractivity (Wildman–Crippen MR) is 316 cm³/mol. The molecule has 10 aromatic carbocycles. The van der Waals surface area contributed by atoms with Crippen LogP contribution in [0.3, 0.4) is 0 Å². The lowest BCUT2D eigenvalue weighted by molar-refractivity contribution is 0.100. The molecule has 0 aliphatic carbocycles. The molecular formula is C71H58O10. The Kier molecular flexibility index (Phi) is 19.1. The average Bonchev–Trinajstić information content (AvgIpc) is 3.50. The largest absolute Gasteiger partial charge is 0.497 e. The summed E-state index contributed by atoms with van der Waals surface area (Å²) >= 11 is 0. The Labute approximate surface area is 471 Å². The molecule has 10 nitrogen and oxygen atoms in total. The van der Waals surface area contributed by atoms with Crippen molar-refractivity contribution in [3.63, 3.8) is 0 Å². The highest BCUT2D eigenvalue weighted by molar-refractivity contribution is 6.10. The number of ketones is 5. The number of methoxy groups -OCH3 is 1. The lowest BCUT2D eigenvalue weighted by Crippen LogP contribution is -2.02. The van der Waals surface area contributed by atoms with Gasteiger partial charge in [-0.3, -0.25) is 24.0 Å². The summed E-state index contributed by atoms with van der Waals surface area (Å²) in [5.74, 6) is 6.00. The highest BCUT2D eigenvalue weighted by atomic mass is 16.5. The van der Waals surface area contributed by atoms with Gasteiger partial charge in [-0.05, 0) is 217 Å². The number of carbonyl (C=O) groups excluding carboxylic acids is 5. The molecule has 0 aliphatic heterocycles. The lowest BCUT2D eigenvalue weighted by Gasteiger charge is -2.09. The number of hydrogen-bond acceptors (Lipinski definition) is 10. The van der Waals surface area contributed by atoms with Gasteiger partial charge in [-0.1, -0.05) is 77.4 Å². The van der Waals surface area contributed by atoms with Crippen molar-refractivity contribution in [1.82, 2.24) is 0 Å². The van der Waals surface area contributed by atoms with Gasteiger partial charge in [-0.25, -0.2) is 0 Å². The van der Waals surface area contributed by atoms with E-state index in [9.17, 15) is 24.0 Å². The van der Waals surface area contributed by atoms with Gasteiger partial charge >= 0.3 is 0 Å². The van der Waals surface area contributed by atoms with Gasteiger partial charge in [0.15, 0.2) is 28.9 Å². The average molecular weight is 1070 g/mol. The van der Waals surface area contributed by atoms with Gasteiger partial charge in [0.1, 0.15) is 51.7 Å². The molecule has 0 aliphatic rings. The van der Waals surface area contributed by atoms with Gasteiger partial charge in [0.25, 0.3) is 0 Å². The van der Waals surface area contributed by atoms with Crippen LogP contribution in [0.1, 0.15) is 99.0 Å². The Hall–Kier alpha value is -10.5. The van der Waals surface area contributed by atoms with Crippen LogP contribution >= 0.6 is 0 Å². The van der Waals surface area contributed by atoms with Gasteiger partial charge in [-0.15, -0.1) is 0 Å². The first-order valence-electron chi connectivity index (χ1n) is 26.0. The van der Waals surface area contributed by atoms with Crippen LogP contribution in [0.25, 0.3) is 0 Å². The summed E-state index contributed by atoms with van der Waals surface area (Å²) in [5.41, 5.74) is 8.16. The van der Waals surface area contributed by atoms with Gasteiger partial charge in [-0.2, -0.15) is 0 Å². The number of ether oxygens (including phenoxy) is 5. The van der Waals surface area contributed by atoms with E-state index in [0.29, 0.717) is 67.5 Å². The third-order valence-corrected chi connectivity index (χ3v) is 12.6. The molecule has 402 valence electrons. The fraction of sp³-hybridized carbons (Fsp3) is 0.0845. The maximum absolute atomic E-state index is 13.0. The van der Waals surface area contributed by atoms with Crippen molar-refractivity contribution in [3.05, 3.63) is 304 Å². The second-order valence-corrected chi connectivity index (χ2v) is 18.9. The third kappa shape index (κ3) is 16.3. The quantitative estimate of drug-likeness (QED) is 0.0812. The first kappa shape index (κ1) is 56.7. The maximum atomic E-state index is 13.0. The first-order valence-corrected chi connectivity index (χ1v) is 26.0. The number of carbonyl (C=O) groups is 5. The van der Waals surface area contributed by atoms with Crippen LogP contribution in [0, 0.1) is 20.8 Å². The standard InChI is InChI=1S/C35H26O5.C21H18O3.C15H14O2/c1-23-3-15-30(16-4-23)39-31-17-11-28(12-18-31)35(38)29-13-21-33(22-14-29)40-32-19-9-27(10-20-32)34(37)26-7-5-25(6-8-26)24(2)36;1-15-3-9-19(10-4-15)24-20-13-7-17(8-14-20)21(22)16-5-11-18(23-2)12-6-16;1-11-3-7-14(8-4-11)17-15-9-5-13(6-10-15)12(2)16/h3-22H,1-2H3;3-14H,1-2H3;3-10H,1-2H3. The summed E-state index contributed by atoms with van der Waals surface area (Å²) in [4.78, 5) is 60.8. The Morgan fingerprint density at radius 2 is 0.370 bits per heavy atom. The van der Waals surface area contributed by atoms with Gasteiger partial charge in [0, 0.05) is 44.5 Å². The molecule has 10 aromatic rings. The SMILES string of the molecule is CC(=O)c1ccc(C(=O)c2ccc(Oc3ccc(C(=O)c4ccc(Oc5ccc(C)cc5)cc4)cc3)cc2)cc1.CC(=O)c1ccc(Oc2ccc(C)cc2)cc1.COc1ccc(C(=O)c2ccc(Oc3ccc(C)cc3)cc2)cc1. The summed E-state index contributed by atoms with van der Waals surface area (Å²) in [6.07, 6.45) is 0. The Bertz CT molecular complexity index is 3720. The molecule has 10 heteroatoms. The van der Waals surface area contributed by atoms with E-state index in [-0.39, 0.29) is 28.9 Å². The Balaban J connectivity index is 0.000000177. The second-order valence-electron chi connectivity index (χ2n) is 18.9. The summed E-state index contributed by atoms with van der Waals surface area (Å²) in [6, 6.07) is 72.2.